The second-order valence-electron chi connectivity index (χ2n) is 7.61. The third-order valence-electron chi connectivity index (χ3n) is 5.37. The summed E-state index contributed by atoms with van der Waals surface area (Å²) in [5.41, 5.74) is 1.12. The Morgan fingerprint density at radius 3 is 1.58 bits per heavy atom. The average molecular weight is 495 g/mol. The van der Waals surface area contributed by atoms with Gasteiger partial charge in [-0.15, -0.1) is 0 Å². The first-order valence-electron chi connectivity index (χ1n) is 10.9. The summed E-state index contributed by atoms with van der Waals surface area (Å²) >= 11 is -2.39. The maximum atomic E-state index is 13.2. The molecule has 156 valence electrons. The fourth-order valence-corrected chi connectivity index (χ4v) is 21.8. The summed E-state index contributed by atoms with van der Waals surface area (Å²) in [5.74, 6) is 0. The van der Waals surface area contributed by atoms with E-state index in [0.29, 0.717) is 13.2 Å². The van der Waals surface area contributed by atoms with Crippen LogP contribution in [0.1, 0.15) is 87.0 Å². The number of hydrogen-bond acceptors (Lipinski definition) is 3. The zero-order valence-electron chi connectivity index (χ0n) is 18.6. The van der Waals surface area contributed by atoms with Gasteiger partial charge in [-0.2, -0.15) is 0 Å². The Kier molecular flexibility index (Phi) is 15.0. The van der Waals surface area contributed by atoms with E-state index in [1.54, 1.807) is 0 Å². The summed E-state index contributed by atoms with van der Waals surface area (Å²) in [6.45, 7) is 15.8. The van der Waals surface area contributed by atoms with Crippen molar-refractivity contribution < 1.29 is 13.6 Å². The van der Waals surface area contributed by atoms with Gasteiger partial charge in [-0.05, 0) is 0 Å². The van der Waals surface area contributed by atoms with E-state index in [1.807, 2.05) is 20.8 Å². The summed E-state index contributed by atoms with van der Waals surface area (Å²) in [7, 11) is -3.06. The number of allylic oxidation sites excluding steroid dienone is 1. The van der Waals surface area contributed by atoms with Crippen LogP contribution in [-0.2, 0) is 13.6 Å². The summed E-state index contributed by atoms with van der Waals surface area (Å²) in [6.07, 6.45) is 7.85. The molecule has 0 saturated carbocycles. The number of hydrogen-bond donors (Lipinski definition) is 0. The maximum absolute atomic E-state index is 13.2. The monoisotopic (exact) mass is 496 g/mol. The van der Waals surface area contributed by atoms with E-state index in [2.05, 4.69) is 31.8 Å². The van der Waals surface area contributed by atoms with Gasteiger partial charge in [0, 0.05) is 0 Å². The Morgan fingerprint density at radius 1 is 0.885 bits per heavy atom. The van der Waals surface area contributed by atoms with Crippen molar-refractivity contribution >= 4 is 26.0 Å². The predicted octanol–water partition coefficient (Wildman–Crippen LogP) is 7.98. The second-order valence-corrected chi connectivity index (χ2v) is 22.9. The molecule has 0 N–H and O–H groups in total. The molecule has 0 aromatic heterocycles. The molecule has 0 aromatic rings. The molecule has 1 unspecified atom stereocenters. The Labute approximate surface area is 168 Å². The van der Waals surface area contributed by atoms with Crippen molar-refractivity contribution in [3.8, 4) is 0 Å². The molecule has 0 spiro atoms. The molecule has 0 amide bonds. The molecule has 0 aliphatic rings. The van der Waals surface area contributed by atoms with Gasteiger partial charge in [-0.1, -0.05) is 0 Å². The molecule has 26 heavy (non-hydrogen) atoms. The van der Waals surface area contributed by atoms with Gasteiger partial charge in [0.2, 0.25) is 0 Å². The van der Waals surface area contributed by atoms with Crippen LogP contribution in [0.4, 0.5) is 0 Å². The van der Waals surface area contributed by atoms with Crippen LogP contribution in [-0.4, -0.2) is 37.2 Å². The van der Waals surface area contributed by atoms with Crippen LogP contribution in [0.5, 0.6) is 0 Å². The van der Waals surface area contributed by atoms with Gasteiger partial charge in [0.1, 0.15) is 0 Å². The topological polar surface area (TPSA) is 35.5 Å². The van der Waals surface area contributed by atoms with Crippen LogP contribution < -0.4 is 0 Å². The Balaban J connectivity index is 5.70. The molecular weight excluding hydrogens is 450 g/mol. The molecule has 1 atom stereocenters. The van der Waals surface area contributed by atoms with Crippen LogP contribution in [0.25, 0.3) is 0 Å². The second kappa shape index (κ2) is 14.7. The van der Waals surface area contributed by atoms with E-state index in [9.17, 15) is 4.57 Å². The molecule has 0 saturated heterocycles. The number of rotatable bonds is 16. The van der Waals surface area contributed by atoms with Crippen LogP contribution in [0.3, 0.4) is 0 Å². The van der Waals surface area contributed by atoms with E-state index >= 15 is 0 Å². The van der Waals surface area contributed by atoms with Gasteiger partial charge >= 0.3 is 168 Å². The fraction of sp³-hybridized carbons (Fsp3) is 0.905. The van der Waals surface area contributed by atoms with E-state index in [1.165, 1.54) is 57.4 Å². The first kappa shape index (κ1) is 26.7. The van der Waals surface area contributed by atoms with Crippen LogP contribution in [0.15, 0.2) is 9.67 Å². The van der Waals surface area contributed by atoms with Gasteiger partial charge in [0.05, 0.1) is 0 Å². The molecule has 0 aromatic carbocycles. The van der Waals surface area contributed by atoms with Crippen LogP contribution in [0.2, 0.25) is 13.3 Å². The Morgan fingerprint density at radius 2 is 1.27 bits per heavy atom. The third kappa shape index (κ3) is 9.26. The van der Waals surface area contributed by atoms with E-state index < -0.39 is 26.0 Å². The van der Waals surface area contributed by atoms with E-state index in [4.69, 9.17) is 9.05 Å². The van der Waals surface area contributed by atoms with E-state index in [0.717, 1.165) is 0 Å². The standard InChI is InChI=1S/C9H18O3P.3C4H9.Sn/c1-6-11-13(10,12-7-2)9(5)8(3)4;3*1-3-4-2;/h3,9H,6-7H2,1-2,4-5H3;3*1,3-4H2,2H3;. The predicted molar refractivity (Wildman–Crippen MR) is 119 cm³/mol. The normalized spacial score (nSPS) is 14.7. The van der Waals surface area contributed by atoms with Gasteiger partial charge in [-0.3, -0.25) is 0 Å². The minimum atomic E-state index is -3.06. The van der Waals surface area contributed by atoms with Crippen molar-refractivity contribution in [3.05, 3.63) is 9.67 Å². The first-order chi connectivity index (χ1) is 12.3. The molecule has 0 bridgehead atoms. The van der Waals surface area contributed by atoms with Gasteiger partial charge in [-0.25, -0.2) is 0 Å². The zero-order valence-corrected chi connectivity index (χ0v) is 22.4. The molecular formula is C21H45O3PSn. The van der Waals surface area contributed by atoms with Gasteiger partial charge in [0.25, 0.3) is 0 Å². The van der Waals surface area contributed by atoms with Crippen molar-refractivity contribution in [2.45, 2.75) is 106 Å². The summed E-state index contributed by atoms with van der Waals surface area (Å²) in [4.78, 5) is 0. The molecule has 0 aliphatic carbocycles. The molecule has 0 fully saturated rings. The van der Waals surface area contributed by atoms with Crippen molar-refractivity contribution in [2.24, 2.45) is 0 Å². The van der Waals surface area contributed by atoms with Crippen LogP contribution in [0, 0.1) is 0 Å². The van der Waals surface area contributed by atoms with Crippen molar-refractivity contribution in [2.75, 3.05) is 13.2 Å². The zero-order chi connectivity index (χ0) is 20.1. The number of unbranched alkanes of at least 4 members (excludes halogenated alkanes) is 3. The van der Waals surface area contributed by atoms with Crippen molar-refractivity contribution in [3.63, 3.8) is 0 Å². The van der Waals surface area contributed by atoms with Crippen LogP contribution >= 0.6 is 7.60 Å². The molecule has 3 nitrogen and oxygen atoms in total. The molecule has 0 radical (unpaired) electrons. The summed E-state index contributed by atoms with van der Waals surface area (Å²) < 4.78 is 31.4. The average Bonchev–Trinajstić information content (AvgIpc) is 2.62. The Bertz CT molecular complexity index is 405. The van der Waals surface area contributed by atoms with Gasteiger partial charge in [0.15, 0.2) is 0 Å². The summed E-state index contributed by atoms with van der Waals surface area (Å²) in [6, 6.07) is 0. The molecule has 0 aliphatic heterocycles. The molecule has 0 rings (SSSR count). The quantitative estimate of drug-likeness (QED) is 0.161. The first-order valence-corrected chi connectivity index (χ1v) is 20.2. The van der Waals surface area contributed by atoms with Gasteiger partial charge < -0.3 is 0 Å². The Hall–Kier alpha value is 0.689. The van der Waals surface area contributed by atoms with Crippen molar-refractivity contribution in [1.82, 2.24) is 0 Å². The summed E-state index contributed by atoms with van der Waals surface area (Å²) in [5, 5.41) is 0. The minimum absolute atomic E-state index is 0.136. The molecule has 0 heterocycles. The molecule has 5 heteroatoms. The van der Waals surface area contributed by atoms with E-state index in [-0.39, 0.29) is 5.66 Å². The third-order valence-corrected chi connectivity index (χ3v) is 22.6. The fourth-order valence-electron chi connectivity index (χ4n) is 3.65. The SMILES string of the molecule is CCC[CH2][Sn](/[CH]=C(\C)C(C)P(=O)(OCC)OCC)([CH2]CCC)[CH2]CCC. The van der Waals surface area contributed by atoms with Crippen molar-refractivity contribution in [1.29, 1.82) is 0 Å².